The molecule has 0 saturated heterocycles. The quantitative estimate of drug-likeness (QED) is 0.362. The van der Waals surface area contributed by atoms with Gasteiger partial charge in [0.2, 0.25) is 5.91 Å². The predicted molar refractivity (Wildman–Crippen MR) is 119 cm³/mol. The minimum atomic E-state index is -0.645. The Hall–Kier alpha value is -2.24. The van der Waals surface area contributed by atoms with Crippen molar-refractivity contribution in [2.75, 3.05) is 6.54 Å². The first kappa shape index (κ1) is 24.0. The largest absolute Gasteiger partial charge is 0.392 e. The second kappa shape index (κ2) is 13.1. The van der Waals surface area contributed by atoms with Crippen molar-refractivity contribution in [2.45, 2.75) is 64.1 Å². The molecule has 2 rings (SSSR count). The molecule has 5 nitrogen and oxygen atoms in total. The van der Waals surface area contributed by atoms with Crippen molar-refractivity contribution in [3.05, 3.63) is 60.2 Å². The number of ketones is 1. The molecule has 0 bridgehead atoms. The van der Waals surface area contributed by atoms with Crippen LogP contribution in [0.2, 0.25) is 0 Å². The van der Waals surface area contributed by atoms with Crippen molar-refractivity contribution in [1.82, 2.24) is 5.32 Å². The number of nitrogens with one attached hydrogen (secondary N) is 1. The molecule has 0 aromatic heterocycles. The molecule has 0 radical (unpaired) electrons. The molecule has 1 aliphatic carbocycles. The number of allylic oxidation sites excluding steroid dienone is 3. The highest BCUT2D eigenvalue weighted by Gasteiger charge is 2.39. The number of aliphatic hydroxyl groups is 2. The third kappa shape index (κ3) is 8.25. The van der Waals surface area contributed by atoms with Gasteiger partial charge in [-0.15, -0.1) is 0 Å². The number of aryl methyl sites for hydroxylation is 1. The summed E-state index contributed by atoms with van der Waals surface area (Å²) in [5, 5.41) is 23.3. The summed E-state index contributed by atoms with van der Waals surface area (Å²) in [5.74, 6) is -0.413. The van der Waals surface area contributed by atoms with Crippen LogP contribution in [0.1, 0.15) is 51.0 Å². The maximum absolute atomic E-state index is 12.3. The third-order valence-corrected chi connectivity index (χ3v) is 5.57. The number of amides is 1. The lowest BCUT2D eigenvalue weighted by Gasteiger charge is -2.17. The van der Waals surface area contributed by atoms with E-state index in [0.29, 0.717) is 25.8 Å². The number of carbonyl (C=O) groups excluding carboxylic acids is 2. The molecule has 1 aromatic carbocycles. The summed E-state index contributed by atoms with van der Waals surface area (Å²) in [7, 11) is 0. The van der Waals surface area contributed by atoms with E-state index in [1.165, 1.54) is 5.56 Å². The summed E-state index contributed by atoms with van der Waals surface area (Å²) >= 11 is 0. The lowest BCUT2D eigenvalue weighted by atomic mass is 9.90. The summed E-state index contributed by atoms with van der Waals surface area (Å²) in [6.45, 7) is 2.55. The van der Waals surface area contributed by atoms with Crippen LogP contribution in [0.4, 0.5) is 0 Å². The minimum absolute atomic E-state index is 0.0312. The van der Waals surface area contributed by atoms with Crippen molar-refractivity contribution >= 4 is 11.7 Å². The fourth-order valence-electron chi connectivity index (χ4n) is 3.87. The Morgan fingerprint density at radius 2 is 2.03 bits per heavy atom. The molecule has 1 aromatic rings. The van der Waals surface area contributed by atoms with E-state index in [1.54, 1.807) is 12.2 Å². The van der Waals surface area contributed by atoms with E-state index in [2.05, 4.69) is 5.32 Å². The van der Waals surface area contributed by atoms with E-state index in [0.717, 1.165) is 19.3 Å². The molecule has 5 heteroatoms. The standard InChI is InChI=1S/C25H35NO4/c1-2-26-25(30)13-9-4-3-8-12-21-22(24(29)18-23(21)28)17-16-20(27)15-14-19-10-6-5-7-11-19/h3,5-8,10-11,16-17,20-23,27-28H,2,4,9,12-15,18H2,1H3,(H,26,30)/t20?,21-,22-,23+/m1/s1. The van der Waals surface area contributed by atoms with Crippen LogP contribution in [-0.4, -0.2) is 40.7 Å². The molecule has 0 aliphatic heterocycles. The van der Waals surface area contributed by atoms with Crippen LogP contribution >= 0.6 is 0 Å². The topological polar surface area (TPSA) is 86.6 Å². The van der Waals surface area contributed by atoms with Gasteiger partial charge in [-0.3, -0.25) is 9.59 Å². The van der Waals surface area contributed by atoms with E-state index >= 15 is 0 Å². The van der Waals surface area contributed by atoms with E-state index in [1.807, 2.05) is 49.4 Å². The third-order valence-electron chi connectivity index (χ3n) is 5.57. The Kier molecular flexibility index (Phi) is 10.5. The van der Waals surface area contributed by atoms with Crippen molar-refractivity contribution in [3.8, 4) is 0 Å². The van der Waals surface area contributed by atoms with Crippen LogP contribution in [0.25, 0.3) is 0 Å². The zero-order valence-electron chi connectivity index (χ0n) is 17.9. The predicted octanol–water partition coefficient (Wildman–Crippen LogP) is 3.36. The van der Waals surface area contributed by atoms with Crippen LogP contribution in [0.5, 0.6) is 0 Å². The Morgan fingerprint density at radius 1 is 1.27 bits per heavy atom. The molecule has 1 amide bonds. The number of Topliss-reactive ketones (excluding diaryl/α,β-unsaturated/α-hetero) is 1. The molecular weight excluding hydrogens is 378 g/mol. The molecule has 1 fully saturated rings. The number of hydrogen-bond donors (Lipinski definition) is 3. The first-order valence-corrected chi connectivity index (χ1v) is 11.0. The zero-order valence-corrected chi connectivity index (χ0v) is 17.9. The van der Waals surface area contributed by atoms with Crippen LogP contribution in [0, 0.1) is 11.8 Å². The lowest BCUT2D eigenvalue weighted by molar-refractivity contribution is -0.121. The van der Waals surface area contributed by atoms with Crippen molar-refractivity contribution in [3.63, 3.8) is 0 Å². The first-order chi connectivity index (χ1) is 14.5. The average molecular weight is 414 g/mol. The number of unbranched alkanes of at least 4 members (excludes halogenated alkanes) is 1. The van der Waals surface area contributed by atoms with Crippen LogP contribution in [0.15, 0.2) is 54.6 Å². The summed E-state index contributed by atoms with van der Waals surface area (Å²) in [6.07, 6.45) is 10.5. The van der Waals surface area contributed by atoms with E-state index in [4.69, 9.17) is 0 Å². The Morgan fingerprint density at radius 3 is 2.77 bits per heavy atom. The highest BCUT2D eigenvalue weighted by Crippen LogP contribution is 2.33. The van der Waals surface area contributed by atoms with Gasteiger partial charge in [0, 0.05) is 31.2 Å². The monoisotopic (exact) mass is 413 g/mol. The van der Waals surface area contributed by atoms with Crippen LogP contribution in [0.3, 0.4) is 0 Å². The number of carbonyl (C=O) groups is 2. The maximum Gasteiger partial charge on any atom is 0.219 e. The molecular formula is C25H35NO4. The summed E-state index contributed by atoms with van der Waals surface area (Å²) in [5.41, 5.74) is 1.17. The van der Waals surface area contributed by atoms with E-state index in [9.17, 15) is 19.8 Å². The summed E-state index contributed by atoms with van der Waals surface area (Å²) in [6, 6.07) is 9.99. The van der Waals surface area contributed by atoms with Crippen LogP contribution in [-0.2, 0) is 16.0 Å². The van der Waals surface area contributed by atoms with Crippen molar-refractivity contribution in [2.24, 2.45) is 11.8 Å². The number of aliphatic hydroxyl groups excluding tert-OH is 2. The number of hydrogen-bond acceptors (Lipinski definition) is 4. The number of benzene rings is 1. The fourth-order valence-corrected chi connectivity index (χ4v) is 3.87. The molecule has 3 N–H and O–H groups in total. The van der Waals surface area contributed by atoms with Crippen molar-refractivity contribution < 1.29 is 19.8 Å². The van der Waals surface area contributed by atoms with Gasteiger partial charge in [0.15, 0.2) is 0 Å². The Balaban J connectivity index is 1.78. The van der Waals surface area contributed by atoms with Gasteiger partial charge in [0.1, 0.15) is 5.78 Å². The lowest BCUT2D eigenvalue weighted by Crippen LogP contribution is -2.21. The smallest absolute Gasteiger partial charge is 0.219 e. The van der Waals surface area contributed by atoms with Gasteiger partial charge in [-0.1, -0.05) is 54.6 Å². The summed E-state index contributed by atoms with van der Waals surface area (Å²) < 4.78 is 0. The van der Waals surface area contributed by atoms with E-state index < -0.39 is 12.2 Å². The van der Waals surface area contributed by atoms with Gasteiger partial charge in [0.25, 0.3) is 0 Å². The van der Waals surface area contributed by atoms with Gasteiger partial charge < -0.3 is 15.5 Å². The normalized spacial score (nSPS) is 22.8. The first-order valence-electron chi connectivity index (χ1n) is 11.0. The van der Waals surface area contributed by atoms with Gasteiger partial charge in [-0.2, -0.15) is 0 Å². The average Bonchev–Trinajstić information content (AvgIpc) is 3.00. The maximum atomic E-state index is 12.3. The Bertz CT molecular complexity index is 713. The number of rotatable bonds is 12. The van der Waals surface area contributed by atoms with Gasteiger partial charge in [0.05, 0.1) is 12.2 Å². The van der Waals surface area contributed by atoms with Gasteiger partial charge in [-0.25, -0.2) is 0 Å². The zero-order chi connectivity index (χ0) is 21.8. The highest BCUT2D eigenvalue weighted by molar-refractivity contribution is 5.86. The Labute approximate surface area is 179 Å². The molecule has 4 atom stereocenters. The molecule has 1 aliphatic rings. The van der Waals surface area contributed by atoms with Crippen molar-refractivity contribution in [1.29, 1.82) is 0 Å². The molecule has 1 saturated carbocycles. The van der Waals surface area contributed by atoms with E-state index in [-0.39, 0.29) is 29.9 Å². The summed E-state index contributed by atoms with van der Waals surface area (Å²) in [4.78, 5) is 23.7. The fraction of sp³-hybridized carbons (Fsp3) is 0.520. The SMILES string of the molecule is CCNC(=O)CCCC=CC[C@H]1[C@@H](O)CC(=O)[C@@H]1C=CC(O)CCc1ccccc1. The van der Waals surface area contributed by atoms with Crippen LogP contribution < -0.4 is 5.32 Å². The molecule has 0 heterocycles. The van der Waals surface area contributed by atoms with Gasteiger partial charge in [-0.05, 0) is 44.6 Å². The van der Waals surface area contributed by atoms with Gasteiger partial charge >= 0.3 is 0 Å². The molecule has 30 heavy (non-hydrogen) atoms. The highest BCUT2D eigenvalue weighted by atomic mass is 16.3. The second-order valence-electron chi connectivity index (χ2n) is 7.96. The second-order valence-corrected chi connectivity index (χ2v) is 7.96. The minimum Gasteiger partial charge on any atom is -0.392 e. The molecule has 164 valence electrons. The molecule has 1 unspecified atom stereocenters. The molecule has 0 spiro atoms.